The van der Waals surface area contributed by atoms with E-state index >= 15 is 0 Å². The second-order valence-corrected chi connectivity index (χ2v) is 9.74. The van der Waals surface area contributed by atoms with Crippen molar-refractivity contribution < 1.29 is 19.1 Å². The normalized spacial score (nSPS) is 11.9. The second-order valence-electron chi connectivity index (χ2n) is 8.59. The Morgan fingerprint density at radius 1 is 1.03 bits per heavy atom. The van der Waals surface area contributed by atoms with Crippen molar-refractivity contribution in [3.05, 3.63) is 95.4 Å². The maximum Gasteiger partial charge on any atom is 0.303 e. The minimum absolute atomic E-state index is 0.0485. The monoisotopic (exact) mass is 487 g/mol. The number of carboxylic acids is 1. The third-order valence-corrected chi connectivity index (χ3v) is 6.82. The molecule has 4 aromatic rings. The van der Waals surface area contributed by atoms with Crippen molar-refractivity contribution in [1.29, 1.82) is 0 Å². The fourth-order valence-electron chi connectivity index (χ4n) is 3.86. The quantitative estimate of drug-likeness (QED) is 0.253. The van der Waals surface area contributed by atoms with Gasteiger partial charge in [0.2, 0.25) is 5.89 Å². The molecule has 5 nitrogen and oxygen atoms in total. The van der Waals surface area contributed by atoms with Gasteiger partial charge in [0.05, 0.1) is 12.3 Å². The Bertz CT molecular complexity index is 1280. The van der Waals surface area contributed by atoms with E-state index in [1.165, 1.54) is 4.90 Å². The number of hydrogen-bond acceptors (Lipinski definition) is 5. The molecule has 0 spiro atoms. The lowest BCUT2D eigenvalue weighted by atomic mass is 10.0. The number of nitrogens with zero attached hydrogens (tertiary/aromatic N) is 1. The molecule has 6 heteroatoms. The second kappa shape index (κ2) is 11.3. The Morgan fingerprint density at radius 2 is 1.74 bits per heavy atom. The summed E-state index contributed by atoms with van der Waals surface area (Å²) in [5, 5.41) is 8.90. The van der Waals surface area contributed by atoms with Crippen molar-refractivity contribution in [3.63, 3.8) is 0 Å². The topological polar surface area (TPSA) is 72.6 Å². The van der Waals surface area contributed by atoms with E-state index < -0.39 is 5.97 Å². The van der Waals surface area contributed by atoms with Crippen LogP contribution in [-0.2, 0) is 11.2 Å². The molecule has 0 aliphatic carbocycles. The van der Waals surface area contributed by atoms with Crippen LogP contribution in [0.15, 0.2) is 87.0 Å². The molecule has 3 aromatic carbocycles. The van der Waals surface area contributed by atoms with Gasteiger partial charge in [0, 0.05) is 27.7 Å². The minimum atomic E-state index is -0.789. The van der Waals surface area contributed by atoms with E-state index in [0.717, 1.165) is 38.8 Å². The van der Waals surface area contributed by atoms with Crippen molar-refractivity contribution in [2.45, 2.75) is 49.3 Å². The number of rotatable bonds is 10. The summed E-state index contributed by atoms with van der Waals surface area (Å²) in [7, 11) is 0. The van der Waals surface area contributed by atoms with Crippen molar-refractivity contribution in [2.24, 2.45) is 0 Å². The van der Waals surface area contributed by atoms with Crippen LogP contribution >= 0.6 is 11.8 Å². The van der Waals surface area contributed by atoms with Crippen LogP contribution < -0.4 is 4.74 Å². The smallest absolute Gasteiger partial charge is 0.303 e. The molecule has 4 rings (SSSR count). The van der Waals surface area contributed by atoms with Crippen LogP contribution in [0.25, 0.3) is 11.5 Å². The Hall–Kier alpha value is -3.51. The van der Waals surface area contributed by atoms with E-state index in [9.17, 15) is 4.79 Å². The Labute approximate surface area is 210 Å². The fourth-order valence-corrected chi connectivity index (χ4v) is 4.70. The van der Waals surface area contributed by atoms with Crippen molar-refractivity contribution >= 4 is 17.7 Å². The third kappa shape index (κ3) is 6.55. The van der Waals surface area contributed by atoms with Gasteiger partial charge in [0.1, 0.15) is 11.5 Å². The summed E-state index contributed by atoms with van der Waals surface area (Å²) < 4.78 is 12.0. The lowest BCUT2D eigenvalue weighted by Crippen LogP contribution is -2.09. The number of aromatic nitrogens is 1. The number of ether oxygens (including phenoxy) is 1. The SMILES string of the molecule is Cc1cc(OCC(C)c2nc(-c3ccc(Sc4ccccc4)cc3)oc2C)ccc1CCC(=O)O. The molecule has 1 heterocycles. The van der Waals surface area contributed by atoms with Gasteiger partial charge in [-0.2, -0.15) is 0 Å². The predicted molar refractivity (Wildman–Crippen MR) is 138 cm³/mol. The maximum atomic E-state index is 10.8. The number of oxazole rings is 1. The van der Waals surface area contributed by atoms with Gasteiger partial charge in [0.15, 0.2) is 0 Å². The van der Waals surface area contributed by atoms with E-state index in [4.69, 9.17) is 19.2 Å². The molecule has 1 unspecified atom stereocenters. The van der Waals surface area contributed by atoms with Crippen LogP contribution in [0, 0.1) is 13.8 Å². The highest BCUT2D eigenvalue weighted by molar-refractivity contribution is 7.99. The molecule has 0 saturated carbocycles. The van der Waals surface area contributed by atoms with E-state index in [0.29, 0.717) is 18.9 Å². The molecule has 0 saturated heterocycles. The summed E-state index contributed by atoms with van der Waals surface area (Å²) in [5.41, 5.74) is 3.89. The van der Waals surface area contributed by atoms with Crippen molar-refractivity contribution in [2.75, 3.05) is 6.61 Å². The van der Waals surface area contributed by atoms with Crippen LogP contribution in [0.1, 0.15) is 41.8 Å². The molecule has 1 N–H and O–H groups in total. The molecule has 0 radical (unpaired) electrons. The first-order chi connectivity index (χ1) is 16.9. The molecule has 0 bridgehead atoms. The zero-order chi connectivity index (χ0) is 24.8. The number of carboxylic acid groups (broad SMARTS) is 1. The van der Waals surface area contributed by atoms with Crippen LogP contribution in [-0.4, -0.2) is 22.7 Å². The molecular weight excluding hydrogens is 458 g/mol. The van der Waals surface area contributed by atoms with Gasteiger partial charge < -0.3 is 14.3 Å². The van der Waals surface area contributed by atoms with Crippen LogP contribution in [0.3, 0.4) is 0 Å². The Balaban J connectivity index is 1.38. The predicted octanol–water partition coefficient (Wildman–Crippen LogP) is 7.31. The zero-order valence-corrected chi connectivity index (χ0v) is 21.0. The van der Waals surface area contributed by atoms with Gasteiger partial charge in [-0.05, 0) is 79.9 Å². The number of aryl methyl sites for hydroxylation is 3. The number of carbonyl (C=O) groups is 1. The van der Waals surface area contributed by atoms with E-state index in [2.05, 4.69) is 31.2 Å². The van der Waals surface area contributed by atoms with Crippen LogP contribution in [0.5, 0.6) is 5.75 Å². The lowest BCUT2D eigenvalue weighted by Gasteiger charge is -2.13. The Morgan fingerprint density at radius 3 is 2.43 bits per heavy atom. The van der Waals surface area contributed by atoms with E-state index in [-0.39, 0.29) is 12.3 Å². The standard InChI is InChI=1S/C29H29NO4S/c1-19-17-24(13-9-22(19)12-16-27(31)32)33-18-20(2)28-21(3)34-29(30-28)23-10-14-26(15-11-23)35-25-7-5-4-6-8-25/h4-11,13-15,17,20H,12,16,18H2,1-3H3,(H,31,32). The summed E-state index contributed by atoms with van der Waals surface area (Å²) in [6.07, 6.45) is 0.644. The molecule has 1 atom stereocenters. The van der Waals surface area contributed by atoms with Gasteiger partial charge in [-0.1, -0.05) is 43.0 Å². The first-order valence-electron chi connectivity index (χ1n) is 11.6. The highest BCUT2D eigenvalue weighted by Crippen LogP contribution is 2.31. The zero-order valence-electron chi connectivity index (χ0n) is 20.2. The van der Waals surface area contributed by atoms with Crippen LogP contribution in [0.4, 0.5) is 0 Å². The van der Waals surface area contributed by atoms with Gasteiger partial charge in [-0.15, -0.1) is 0 Å². The molecule has 0 aliphatic heterocycles. The number of benzene rings is 3. The molecular formula is C29H29NO4S. The summed E-state index contributed by atoms with van der Waals surface area (Å²) in [4.78, 5) is 18.0. The van der Waals surface area contributed by atoms with Gasteiger partial charge in [0.25, 0.3) is 0 Å². The summed E-state index contributed by atoms with van der Waals surface area (Å²) in [5.74, 6) is 1.43. The summed E-state index contributed by atoms with van der Waals surface area (Å²) in [6.45, 7) is 6.45. The first kappa shape index (κ1) is 24.6. The van der Waals surface area contributed by atoms with Gasteiger partial charge in [-0.25, -0.2) is 4.98 Å². The first-order valence-corrected chi connectivity index (χ1v) is 12.5. The minimum Gasteiger partial charge on any atom is -0.493 e. The molecule has 1 aromatic heterocycles. The molecule has 0 aliphatic rings. The molecule has 35 heavy (non-hydrogen) atoms. The molecule has 0 fully saturated rings. The van der Waals surface area contributed by atoms with E-state index in [1.807, 2.05) is 62.4 Å². The van der Waals surface area contributed by atoms with Crippen molar-refractivity contribution in [1.82, 2.24) is 4.98 Å². The number of aliphatic carboxylic acids is 1. The summed E-state index contributed by atoms with van der Waals surface area (Å²) in [6, 6.07) is 24.3. The van der Waals surface area contributed by atoms with E-state index in [1.54, 1.807) is 11.8 Å². The largest absolute Gasteiger partial charge is 0.493 e. The highest BCUT2D eigenvalue weighted by Gasteiger charge is 2.18. The van der Waals surface area contributed by atoms with Crippen molar-refractivity contribution in [3.8, 4) is 17.2 Å². The average Bonchev–Trinajstić information content (AvgIpc) is 3.24. The van der Waals surface area contributed by atoms with Crippen LogP contribution in [0.2, 0.25) is 0 Å². The lowest BCUT2D eigenvalue weighted by molar-refractivity contribution is -0.136. The maximum absolute atomic E-state index is 10.8. The average molecular weight is 488 g/mol. The highest BCUT2D eigenvalue weighted by atomic mass is 32.2. The summed E-state index contributed by atoms with van der Waals surface area (Å²) >= 11 is 1.72. The third-order valence-electron chi connectivity index (χ3n) is 5.80. The fraction of sp³-hybridized carbons (Fsp3) is 0.241. The Kier molecular flexibility index (Phi) is 7.93. The number of hydrogen-bond donors (Lipinski definition) is 1. The molecule has 0 amide bonds. The van der Waals surface area contributed by atoms with Gasteiger partial charge >= 0.3 is 5.97 Å². The van der Waals surface area contributed by atoms with Gasteiger partial charge in [-0.3, -0.25) is 4.79 Å². The molecule has 180 valence electrons.